The predicted molar refractivity (Wildman–Crippen MR) is 63.4 cm³/mol. The molecule has 0 fully saturated rings. The Morgan fingerprint density at radius 2 is 2.26 bits per heavy atom. The number of anilines is 1. The molecule has 1 aromatic carbocycles. The number of hydrazone groups is 1. The second-order valence-corrected chi connectivity index (χ2v) is 3.27. The van der Waals surface area contributed by atoms with E-state index in [1.807, 2.05) is 0 Å². The van der Waals surface area contributed by atoms with E-state index in [9.17, 15) is 4.79 Å². The first-order valence-electron chi connectivity index (χ1n) is 5.02. The van der Waals surface area contributed by atoms with E-state index >= 15 is 0 Å². The topological polar surface area (TPSA) is 140 Å². The van der Waals surface area contributed by atoms with Crippen LogP contribution in [-0.2, 0) is 0 Å². The Bertz CT molecular complexity index is 657. The molecule has 0 spiro atoms. The van der Waals surface area contributed by atoms with Gasteiger partial charge in [-0.1, -0.05) is 12.1 Å². The van der Waals surface area contributed by atoms with Crippen molar-refractivity contribution in [2.24, 2.45) is 5.10 Å². The number of rotatable bonds is 4. The summed E-state index contributed by atoms with van der Waals surface area (Å²) in [6.45, 7) is 0. The monoisotopic (exact) mass is 257 g/mol. The van der Waals surface area contributed by atoms with Crippen molar-refractivity contribution in [1.82, 2.24) is 20.6 Å². The highest BCUT2D eigenvalue weighted by Gasteiger charge is 2.10. The number of tetrazole rings is 1. The Kier molecular flexibility index (Phi) is 3.44. The Balaban J connectivity index is 2.27. The molecule has 0 atom stereocenters. The molecule has 1 aromatic heterocycles. The van der Waals surface area contributed by atoms with E-state index in [4.69, 9.17) is 10.4 Å². The number of carboxylic acids is 1. The van der Waals surface area contributed by atoms with Gasteiger partial charge in [0.2, 0.25) is 11.5 Å². The molecule has 2 aromatic rings. The average molecular weight is 257 g/mol. The molecule has 0 aliphatic rings. The zero-order valence-electron chi connectivity index (χ0n) is 9.40. The van der Waals surface area contributed by atoms with Crippen molar-refractivity contribution in [3.8, 4) is 6.07 Å². The van der Waals surface area contributed by atoms with Gasteiger partial charge in [0.25, 0.3) is 0 Å². The Hall–Kier alpha value is -3.28. The zero-order valence-corrected chi connectivity index (χ0v) is 9.40. The predicted octanol–water partition coefficient (Wildman–Crippen LogP) is 0.238. The van der Waals surface area contributed by atoms with Gasteiger partial charge < -0.3 is 5.11 Å². The molecule has 2 rings (SSSR count). The summed E-state index contributed by atoms with van der Waals surface area (Å²) in [5.41, 5.74) is 2.67. The number of nitrogens with one attached hydrogen (secondary N) is 2. The molecule has 0 aliphatic heterocycles. The third kappa shape index (κ3) is 2.70. The molecule has 0 bridgehead atoms. The second kappa shape index (κ2) is 5.37. The number of nitrogens with zero attached hydrogens (tertiary/aromatic N) is 5. The van der Waals surface area contributed by atoms with E-state index in [0.717, 1.165) is 0 Å². The highest BCUT2D eigenvalue weighted by molar-refractivity contribution is 6.09. The molecule has 1 heterocycles. The van der Waals surface area contributed by atoms with E-state index in [1.165, 1.54) is 12.1 Å². The molecule has 9 heteroatoms. The van der Waals surface area contributed by atoms with Gasteiger partial charge in [-0.05, 0) is 17.3 Å². The molecule has 19 heavy (non-hydrogen) atoms. The van der Waals surface area contributed by atoms with Crippen molar-refractivity contribution in [1.29, 1.82) is 5.26 Å². The first-order valence-corrected chi connectivity index (χ1v) is 5.02. The maximum atomic E-state index is 11.0. The van der Waals surface area contributed by atoms with Gasteiger partial charge in [0.1, 0.15) is 6.07 Å². The van der Waals surface area contributed by atoms with E-state index < -0.39 is 5.97 Å². The van der Waals surface area contributed by atoms with Gasteiger partial charge >= 0.3 is 5.97 Å². The lowest BCUT2D eigenvalue weighted by atomic mass is 10.2. The van der Waals surface area contributed by atoms with Gasteiger partial charge in [0.15, 0.2) is 0 Å². The first kappa shape index (κ1) is 12.2. The lowest BCUT2D eigenvalue weighted by Gasteiger charge is -2.04. The van der Waals surface area contributed by atoms with Gasteiger partial charge in [0.05, 0.1) is 11.3 Å². The Morgan fingerprint density at radius 3 is 2.89 bits per heavy atom. The number of H-pyrrole nitrogens is 1. The summed E-state index contributed by atoms with van der Waals surface area (Å²) in [6, 6.07) is 7.95. The van der Waals surface area contributed by atoms with Crippen molar-refractivity contribution in [2.75, 3.05) is 5.43 Å². The summed E-state index contributed by atoms with van der Waals surface area (Å²) in [6.07, 6.45) is 0. The van der Waals surface area contributed by atoms with Gasteiger partial charge in [-0.15, -0.1) is 10.2 Å². The molecule has 0 saturated carbocycles. The van der Waals surface area contributed by atoms with E-state index in [1.54, 1.807) is 18.2 Å². The van der Waals surface area contributed by atoms with E-state index in [2.05, 4.69) is 31.2 Å². The van der Waals surface area contributed by atoms with Crippen LogP contribution in [0.25, 0.3) is 0 Å². The maximum Gasteiger partial charge on any atom is 0.337 e. The SMILES string of the molecule is N#C/C(=N\Nc1ccccc1C(=O)O)c1nn[nH]n1. The van der Waals surface area contributed by atoms with Crippen molar-refractivity contribution >= 4 is 17.4 Å². The van der Waals surface area contributed by atoms with Crippen LogP contribution in [0.4, 0.5) is 5.69 Å². The summed E-state index contributed by atoms with van der Waals surface area (Å²) in [5, 5.41) is 34.3. The van der Waals surface area contributed by atoms with Gasteiger partial charge in [-0.25, -0.2) is 4.79 Å². The fraction of sp³-hybridized carbons (Fsp3) is 0. The number of aromatic nitrogens is 4. The average Bonchev–Trinajstić information content (AvgIpc) is 2.94. The minimum atomic E-state index is -1.10. The first-order chi connectivity index (χ1) is 9.22. The molecule has 0 aliphatic carbocycles. The van der Waals surface area contributed by atoms with Crippen LogP contribution in [0, 0.1) is 11.3 Å². The molecule has 0 unspecified atom stereocenters. The second-order valence-electron chi connectivity index (χ2n) is 3.27. The summed E-state index contributed by atoms with van der Waals surface area (Å²) >= 11 is 0. The van der Waals surface area contributed by atoms with Crippen molar-refractivity contribution in [2.45, 2.75) is 0 Å². The molecule has 3 N–H and O–H groups in total. The number of carboxylic acid groups (broad SMARTS) is 1. The molecule has 94 valence electrons. The minimum absolute atomic E-state index is 0.0165. The number of hydrogen-bond acceptors (Lipinski definition) is 7. The fourth-order valence-electron chi connectivity index (χ4n) is 1.27. The van der Waals surface area contributed by atoms with Crippen LogP contribution in [0.3, 0.4) is 0 Å². The summed E-state index contributed by atoms with van der Waals surface area (Å²) in [5.74, 6) is -1.08. The largest absolute Gasteiger partial charge is 0.478 e. The molecular weight excluding hydrogens is 250 g/mol. The lowest BCUT2D eigenvalue weighted by molar-refractivity contribution is 0.0698. The van der Waals surface area contributed by atoms with Crippen LogP contribution in [0.5, 0.6) is 0 Å². The number of aromatic amines is 1. The number of hydrogen-bond donors (Lipinski definition) is 3. The highest BCUT2D eigenvalue weighted by atomic mass is 16.4. The summed E-state index contributed by atoms with van der Waals surface area (Å²) < 4.78 is 0. The van der Waals surface area contributed by atoms with Crippen molar-refractivity contribution in [3.63, 3.8) is 0 Å². The third-order valence-electron chi connectivity index (χ3n) is 2.11. The third-order valence-corrected chi connectivity index (χ3v) is 2.11. The zero-order chi connectivity index (χ0) is 13.7. The van der Waals surface area contributed by atoms with E-state index in [0.29, 0.717) is 0 Å². The normalized spacial score (nSPS) is 10.8. The van der Waals surface area contributed by atoms with Crippen LogP contribution in [-0.4, -0.2) is 37.4 Å². The van der Waals surface area contributed by atoms with Crippen molar-refractivity contribution < 1.29 is 9.90 Å². The number of benzene rings is 1. The quantitative estimate of drug-likeness (QED) is 0.526. The summed E-state index contributed by atoms with van der Waals surface area (Å²) in [4.78, 5) is 11.0. The number of carbonyl (C=O) groups is 1. The molecule has 0 saturated heterocycles. The van der Waals surface area contributed by atoms with Crippen LogP contribution in [0.2, 0.25) is 0 Å². The smallest absolute Gasteiger partial charge is 0.337 e. The van der Waals surface area contributed by atoms with Crippen LogP contribution in [0.1, 0.15) is 16.2 Å². The maximum absolute atomic E-state index is 11.0. The van der Waals surface area contributed by atoms with Gasteiger partial charge in [-0.3, -0.25) is 5.43 Å². The number of nitriles is 1. The minimum Gasteiger partial charge on any atom is -0.478 e. The standard InChI is InChI=1S/C10H7N7O2/c11-5-8(9-14-16-17-15-9)13-12-7-4-2-1-3-6(7)10(18)19/h1-4,12H,(H,18,19)(H,14,15,16,17)/b13-8+. The number of para-hydroxylation sites is 1. The van der Waals surface area contributed by atoms with Crippen LogP contribution < -0.4 is 5.43 Å². The molecule has 0 amide bonds. The van der Waals surface area contributed by atoms with Crippen LogP contribution >= 0.6 is 0 Å². The van der Waals surface area contributed by atoms with Crippen molar-refractivity contribution in [3.05, 3.63) is 35.7 Å². The molecular formula is C10H7N7O2. The van der Waals surface area contributed by atoms with Gasteiger partial charge in [-0.2, -0.15) is 15.6 Å². The fourth-order valence-corrected chi connectivity index (χ4v) is 1.27. The summed E-state index contributed by atoms with van der Waals surface area (Å²) in [7, 11) is 0. The van der Waals surface area contributed by atoms with Gasteiger partial charge in [0, 0.05) is 0 Å². The van der Waals surface area contributed by atoms with Crippen LogP contribution in [0.15, 0.2) is 29.4 Å². The highest BCUT2D eigenvalue weighted by Crippen LogP contribution is 2.14. The Labute approximate surface area is 106 Å². The Morgan fingerprint density at radius 1 is 1.47 bits per heavy atom. The molecule has 0 radical (unpaired) electrons. The molecule has 9 nitrogen and oxygen atoms in total. The lowest BCUT2D eigenvalue weighted by Crippen LogP contribution is -2.07. The van der Waals surface area contributed by atoms with E-state index in [-0.39, 0.29) is 22.8 Å². The number of aromatic carboxylic acids is 1.